The number of fused-ring (bicyclic) bond motifs is 1. The molecular weight excluding hydrogens is 463 g/mol. The van der Waals surface area contributed by atoms with Crippen LogP contribution in [-0.4, -0.2) is 61.7 Å². The van der Waals surface area contributed by atoms with E-state index in [0.29, 0.717) is 49.3 Å². The molecule has 2 fully saturated rings. The molecular formula is C20H19F5N8O. The van der Waals surface area contributed by atoms with E-state index >= 15 is 0 Å². The molecule has 34 heavy (non-hydrogen) atoms. The van der Waals surface area contributed by atoms with Crippen LogP contribution in [0.5, 0.6) is 0 Å². The summed E-state index contributed by atoms with van der Waals surface area (Å²) in [6.07, 6.45) is -1.90. The smallest absolute Gasteiger partial charge is 0.341 e. The van der Waals surface area contributed by atoms with E-state index < -0.39 is 30.3 Å². The molecule has 2 saturated heterocycles. The number of nitrogens with zero attached hydrogens (tertiary/aromatic N) is 8. The maximum absolute atomic E-state index is 13.2. The zero-order chi connectivity index (χ0) is 24.1. The molecule has 5 rings (SSSR count). The van der Waals surface area contributed by atoms with Gasteiger partial charge in [-0.1, -0.05) is 0 Å². The van der Waals surface area contributed by atoms with Gasteiger partial charge >= 0.3 is 6.18 Å². The maximum Gasteiger partial charge on any atom is 0.433 e. The first-order valence-electron chi connectivity index (χ1n) is 10.6. The van der Waals surface area contributed by atoms with Crippen molar-refractivity contribution in [3.8, 4) is 0 Å². The fourth-order valence-electron chi connectivity index (χ4n) is 4.52. The van der Waals surface area contributed by atoms with E-state index in [1.165, 1.54) is 17.3 Å². The van der Waals surface area contributed by atoms with Crippen molar-refractivity contribution in [2.45, 2.75) is 38.4 Å². The van der Waals surface area contributed by atoms with Gasteiger partial charge in [0, 0.05) is 32.0 Å². The number of aromatic nitrogens is 6. The second-order valence-electron chi connectivity index (χ2n) is 8.38. The Morgan fingerprint density at radius 2 is 1.74 bits per heavy atom. The number of rotatable bonds is 4. The van der Waals surface area contributed by atoms with E-state index in [9.17, 15) is 26.7 Å². The summed E-state index contributed by atoms with van der Waals surface area (Å²) in [4.78, 5) is 32.4. The highest BCUT2D eigenvalue weighted by Gasteiger charge is 2.49. The summed E-state index contributed by atoms with van der Waals surface area (Å²) >= 11 is 0. The summed E-state index contributed by atoms with van der Waals surface area (Å²) in [5, 5.41) is 4.47. The number of carbonyl (C=O) groups excluding carboxylic acids is 1. The zero-order valence-corrected chi connectivity index (χ0v) is 17.7. The number of piperidine rings is 1. The lowest BCUT2D eigenvalue weighted by molar-refractivity contribution is -0.141. The van der Waals surface area contributed by atoms with Crippen LogP contribution in [0.3, 0.4) is 0 Å². The van der Waals surface area contributed by atoms with Gasteiger partial charge in [-0.25, -0.2) is 28.4 Å². The molecule has 0 bridgehead atoms. The van der Waals surface area contributed by atoms with Crippen molar-refractivity contribution < 1.29 is 26.7 Å². The molecule has 14 heteroatoms. The van der Waals surface area contributed by atoms with Gasteiger partial charge in [0.1, 0.15) is 12.2 Å². The van der Waals surface area contributed by atoms with E-state index in [-0.39, 0.29) is 18.4 Å². The van der Waals surface area contributed by atoms with Crippen molar-refractivity contribution in [1.29, 1.82) is 0 Å². The SMILES string of the molecule is O=C1N(c2nccc(C(F)(F)F)n2)CCC12CCN(c1ncc3cnn(CC(F)F)c3n1)CC2. The van der Waals surface area contributed by atoms with E-state index in [1.54, 1.807) is 0 Å². The van der Waals surface area contributed by atoms with Crippen LogP contribution in [0.4, 0.5) is 33.8 Å². The molecule has 0 aliphatic carbocycles. The van der Waals surface area contributed by atoms with Crippen LogP contribution in [0.2, 0.25) is 0 Å². The lowest BCUT2D eigenvalue weighted by Crippen LogP contribution is -2.45. The van der Waals surface area contributed by atoms with Gasteiger partial charge in [-0.2, -0.15) is 23.3 Å². The average molecular weight is 482 g/mol. The van der Waals surface area contributed by atoms with Gasteiger partial charge in [0.2, 0.25) is 17.8 Å². The fraction of sp³-hybridized carbons (Fsp3) is 0.500. The number of hydrogen-bond acceptors (Lipinski definition) is 7. The summed E-state index contributed by atoms with van der Waals surface area (Å²) in [5.74, 6) is -0.194. The first kappa shape index (κ1) is 22.3. The first-order valence-corrected chi connectivity index (χ1v) is 10.6. The minimum Gasteiger partial charge on any atom is -0.341 e. The zero-order valence-electron chi connectivity index (χ0n) is 17.7. The van der Waals surface area contributed by atoms with Crippen molar-refractivity contribution in [1.82, 2.24) is 29.7 Å². The summed E-state index contributed by atoms with van der Waals surface area (Å²) in [5.41, 5.74) is -1.52. The van der Waals surface area contributed by atoms with Crippen LogP contribution in [0.1, 0.15) is 25.0 Å². The number of halogens is 5. The van der Waals surface area contributed by atoms with Gasteiger partial charge in [-0.15, -0.1) is 0 Å². The van der Waals surface area contributed by atoms with Crippen molar-refractivity contribution in [3.63, 3.8) is 0 Å². The lowest BCUT2D eigenvalue weighted by atomic mass is 9.77. The number of carbonyl (C=O) groups is 1. The molecule has 5 heterocycles. The summed E-state index contributed by atoms with van der Waals surface area (Å²) < 4.78 is 65.8. The van der Waals surface area contributed by atoms with Crippen molar-refractivity contribution in [2.24, 2.45) is 5.41 Å². The van der Waals surface area contributed by atoms with Crippen molar-refractivity contribution in [3.05, 3.63) is 30.4 Å². The van der Waals surface area contributed by atoms with Crippen LogP contribution in [0, 0.1) is 5.41 Å². The number of anilines is 2. The van der Waals surface area contributed by atoms with E-state index in [4.69, 9.17) is 0 Å². The molecule has 3 aromatic rings. The maximum atomic E-state index is 13.2. The number of alkyl halides is 5. The van der Waals surface area contributed by atoms with Crippen molar-refractivity contribution >= 4 is 28.8 Å². The Hall–Kier alpha value is -3.45. The molecule has 2 aliphatic rings. The minimum absolute atomic E-state index is 0.232. The topological polar surface area (TPSA) is 92.9 Å². The third-order valence-corrected chi connectivity index (χ3v) is 6.37. The van der Waals surface area contributed by atoms with Gasteiger partial charge in [-0.05, 0) is 25.3 Å². The fourth-order valence-corrected chi connectivity index (χ4v) is 4.52. The molecule has 3 aromatic heterocycles. The van der Waals surface area contributed by atoms with Crippen LogP contribution in [0.15, 0.2) is 24.7 Å². The van der Waals surface area contributed by atoms with Gasteiger partial charge in [0.05, 0.1) is 17.0 Å². The largest absolute Gasteiger partial charge is 0.433 e. The molecule has 1 amide bonds. The van der Waals surface area contributed by atoms with Crippen LogP contribution < -0.4 is 9.80 Å². The molecule has 0 N–H and O–H groups in total. The Labute approximate surface area is 189 Å². The highest BCUT2D eigenvalue weighted by molar-refractivity contribution is 5.98. The number of amides is 1. The Balaban J connectivity index is 1.31. The highest BCUT2D eigenvalue weighted by Crippen LogP contribution is 2.43. The van der Waals surface area contributed by atoms with Gasteiger partial charge in [0.15, 0.2) is 5.65 Å². The minimum atomic E-state index is -4.63. The van der Waals surface area contributed by atoms with Crippen LogP contribution >= 0.6 is 0 Å². The predicted molar refractivity (Wildman–Crippen MR) is 109 cm³/mol. The summed E-state index contributed by atoms with van der Waals surface area (Å²) in [6, 6.07) is 0.766. The summed E-state index contributed by atoms with van der Waals surface area (Å²) in [7, 11) is 0. The Morgan fingerprint density at radius 1 is 1.00 bits per heavy atom. The highest BCUT2D eigenvalue weighted by atomic mass is 19.4. The standard InChI is InChI=1S/C20H19F5N8O/c21-14(22)11-33-15-12(10-28-33)9-27-17(30-15)31-6-2-19(3-7-31)4-8-32(16(19)34)18-26-5-1-13(29-18)20(23,24)25/h1,5,9-10,14H,2-4,6-8,11H2. The lowest BCUT2D eigenvalue weighted by Gasteiger charge is -2.37. The van der Waals surface area contributed by atoms with E-state index in [0.717, 1.165) is 16.9 Å². The molecule has 180 valence electrons. The van der Waals surface area contributed by atoms with Crippen LogP contribution in [-0.2, 0) is 17.5 Å². The monoisotopic (exact) mass is 482 g/mol. The van der Waals surface area contributed by atoms with Crippen LogP contribution in [0.25, 0.3) is 11.0 Å². The second-order valence-corrected chi connectivity index (χ2v) is 8.38. The summed E-state index contributed by atoms with van der Waals surface area (Å²) in [6.45, 7) is 0.509. The van der Waals surface area contributed by atoms with Gasteiger partial charge in [0.25, 0.3) is 6.43 Å². The van der Waals surface area contributed by atoms with Gasteiger partial charge < -0.3 is 4.90 Å². The quantitative estimate of drug-likeness (QED) is 0.528. The Bertz CT molecular complexity index is 1220. The third-order valence-electron chi connectivity index (χ3n) is 6.37. The Kier molecular flexibility index (Phi) is 5.32. The van der Waals surface area contributed by atoms with Gasteiger partial charge in [-0.3, -0.25) is 9.69 Å². The molecule has 0 radical (unpaired) electrons. The molecule has 0 atom stereocenters. The molecule has 0 saturated carbocycles. The first-order chi connectivity index (χ1) is 16.2. The molecule has 0 unspecified atom stereocenters. The molecule has 0 aromatic carbocycles. The van der Waals surface area contributed by atoms with E-state index in [1.807, 2.05) is 4.90 Å². The normalized spacial score (nSPS) is 18.6. The third kappa shape index (κ3) is 3.90. The van der Waals surface area contributed by atoms with E-state index in [2.05, 4.69) is 25.0 Å². The number of hydrogen-bond donors (Lipinski definition) is 0. The average Bonchev–Trinajstić information content (AvgIpc) is 3.34. The molecule has 1 spiro atoms. The predicted octanol–water partition coefficient (Wildman–Crippen LogP) is 2.92. The second kappa shape index (κ2) is 8.09. The molecule has 9 nitrogen and oxygen atoms in total. The van der Waals surface area contributed by atoms with Crippen molar-refractivity contribution in [2.75, 3.05) is 29.4 Å². The molecule has 2 aliphatic heterocycles. The Morgan fingerprint density at radius 3 is 2.44 bits per heavy atom.